The predicted octanol–water partition coefficient (Wildman–Crippen LogP) is 2.32. The molecule has 120 valence electrons. The fraction of sp³-hybridized carbons (Fsp3) is 0.222. The van der Waals surface area contributed by atoms with Crippen LogP contribution in [0, 0.1) is 0 Å². The first-order valence-corrected chi connectivity index (χ1v) is 8.26. The number of carbonyl (C=O) groups is 2. The van der Waals surface area contributed by atoms with Gasteiger partial charge in [-0.05, 0) is 18.1 Å². The van der Waals surface area contributed by atoms with Crippen molar-refractivity contribution in [2.45, 2.75) is 13.0 Å². The molecule has 5 heteroatoms. The number of aliphatic hydroxyl groups excluding tert-OH is 1. The summed E-state index contributed by atoms with van der Waals surface area (Å²) in [5.74, 6) is 0.0840. The van der Waals surface area contributed by atoms with E-state index in [1.54, 1.807) is 6.92 Å². The number of allylic oxidation sites excluding steroid dienone is 3. The molecule has 1 unspecified atom stereocenters. The highest BCUT2D eigenvalue weighted by Crippen LogP contribution is 2.26. The highest BCUT2D eigenvalue weighted by Gasteiger charge is 2.20. The van der Waals surface area contributed by atoms with Crippen LogP contribution >= 0.6 is 11.8 Å². The van der Waals surface area contributed by atoms with Gasteiger partial charge in [-0.3, -0.25) is 9.59 Å². The number of aliphatic hydroxyl groups is 1. The molecule has 0 heterocycles. The maximum Gasteiger partial charge on any atom is 0.203 e. The minimum absolute atomic E-state index is 0.205. The van der Waals surface area contributed by atoms with Crippen molar-refractivity contribution in [1.82, 2.24) is 5.32 Å². The molecular formula is C18H19NO3S. The molecule has 1 aliphatic carbocycles. The van der Waals surface area contributed by atoms with Crippen molar-refractivity contribution in [3.05, 3.63) is 65.2 Å². The van der Waals surface area contributed by atoms with E-state index < -0.39 is 6.10 Å². The molecule has 1 aromatic rings. The van der Waals surface area contributed by atoms with Gasteiger partial charge < -0.3 is 10.4 Å². The second-order valence-electron chi connectivity index (χ2n) is 5.28. The Labute approximate surface area is 140 Å². The third-order valence-electron chi connectivity index (χ3n) is 3.22. The number of hydrogen-bond donors (Lipinski definition) is 2. The van der Waals surface area contributed by atoms with E-state index in [9.17, 15) is 14.7 Å². The molecule has 0 bridgehead atoms. The lowest BCUT2D eigenvalue weighted by Crippen LogP contribution is -2.29. The Morgan fingerprint density at radius 1 is 1.22 bits per heavy atom. The van der Waals surface area contributed by atoms with E-state index in [-0.39, 0.29) is 23.8 Å². The van der Waals surface area contributed by atoms with Crippen LogP contribution in [0.4, 0.5) is 0 Å². The zero-order valence-electron chi connectivity index (χ0n) is 12.9. The highest BCUT2D eigenvalue weighted by atomic mass is 32.2. The van der Waals surface area contributed by atoms with E-state index in [0.717, 1.165) is 11.1 Å². The third-order valence-corrected chi connectivity index (χ3v) is 4.34. The van der Waals surface area contributed by atoms with E-state index in [4.69, 9.17) is 0 Å². The number of nitrogens with one attached hydrogen (secondary N) is 1. The summed E-state index contributed by atoms with van der Waals surface area (Å²) in [6.45, 7) is 5.85. The van der Waals surface area contributed by atoms with Crippen molar-refractivity contribution in [3.63, 3.8) is 0 Å². The van der Waals surface area contributed by atoms with Crippen LogP contribution in [0.1, 0.15) is 12.5 Å². The zero-order valence-corrected chi connectivity index (χ0v) is 13.7. The summed E-state index contributed by atoms with van der Waals surface area (Å²) in [5, 5.41) is 12.0. The Kier molecular flexibility index (Phi) is 5.96. The molecule has 23 heavy (non-hydrogen) atoms. The molecule has 0 spiro atoms. The molecular weight excluding hydrogens is 310 g/mol. The summed E-state index contributed by atoms with van der Waals surface area (Å²) in [6, 6.07) is 9.72. The van der Waals surface area contributed by atoms with Gasteiger partial charge in [-0.15, -0.1) is 11.8 Å². The van der Waals surface area contributed by atoms with Crippen molar-refractivity contribution in [3.8, 4) is 0 Å². The van der Waals surface area contributed by atoms with Crippen LogP contribution in [-0.4, -0.2) is 35.1 Å². The quantitative estimate of drug-likeness (QED) is 0.752. The first kappa shape index (κ1) is 17.2. The molecule has 2 rings (SSSR count). The zero-order chi connectivity index (χ0) is 16.8. The van der Waals surface area contributed by atoms with Crippen molar-refractivity contribution < 1.29 is 14.7 Å². The SMILES string of the molecule is C=C(CSC1=CC(=O)C(NCC(C)O)=CC1=O)c1ccccc1. The second kappa shape index (κ2) is 7.94. The molecule has 4 nitrogen and oxygen atoms in total. The lowest BCUT2D eigenvalue weighted by Gasteiger charge is -2.15. The molecule has 0 amide bonds. The maximum atomic E-state index is 12.1. The van der Waals surface area contributed by atoms with E-state index in [0.29, 0.717) is 10.7 Å². The summed E-state index contributed by atoms with van der Waals surface area (Å²) in [5.41, 5.74) is 2.14. The Bertz CT molecular complexity index is 675. The second-order valence-corrected chi connectivity index (χ2v) is 6.30. The number of thioether (sulfide) groups is 1. The minimum Gasteiger partial charge on any atom is -0.392 e. The van der Waals surface area contributed by atoms with E-state index >= 15 is 0 Å². The monoisotopic (exact) mass is 329 g/mol. The molecule has 1 aliphatic rings. The van der Waals surface area contributed by atoms with Crippen LogP contribution in [0.5, 0.6) is 0 Å². The van der Waals surface area contributed by atoms with Crippen molar-refractivity contribution in [2.24, 2.45) is 0 Å². The first-order valence-electron chi connectivity index (χ1n) is 7.27. The number of ketones is 2. The minimum atomic E-state index is -0.590. The molecule has 0 fully saturated rings. The van der Waals surface area contributed by atoms with E-state index in [1.165, 1.54) is 23.9 Å². The van der Waals surface area contributed by atoms with Gasteiger partial charge in [-0.2, -0.15) is 0 Å². The summed E-state index contributed by atoms with van der Waals surface area (Å²) in [6.07, 6.45) is 2.04. The Morgan fingerprint density at radius 3 is 2.57 bits per heavy atom. The van der Waals surface area contributed by atoms with Crippen molar-refractivity contribution in [2.75, 3.05) is 12.3 Å². The van der Waals surface area contributed by atoms with E-state index in [2.05, 4.69) is 11.9 Å². The van der Waals surface area contributed by atoms with Gasteiger partial charge in [0.05, 0.1) is 16.7 Å². The first-order chi connectivity index (χ1) is 11.0. The molecule has 1 atom stereocenters. The van der Waals surface area contributed by atoms with Gasteiger partial charge in [-0.25, -0.2) is 0 Å². The van der Waals surface area contributed by atoms with Gasteiger partial charge in [0.1, 0.15) is 0 Å². The van der Waals surface area contributed by atoms with Crippen LogP contribution in [0.15, 0.2) is 59.7 Å². The molecule has 0 aliphatic heterocycles. The lowest BCUT2D eigenvalue weighted by molar-refractivity contribution is -0.115. The molecule has 0 saturated carbocycles. The topological polar surface area (TPSA) is 66.4 Å². The average molecular weight is 329 g/mol. The number of carbonyl (C=O) groups excluding carboxylic acids is 2. The largest absolute Gasteiger partial charge is 0.392 e. The van der Waals surface area contributed by atoms with Gasteiger partial charge in [0.25, 0.3) is 0 Å². The average Bonchev–Trinajstić information content (AvgIpc) is 2.54. The Balaban J connectivity index is 1.95. The van der Waals surface area contributed by atoms with Gasteiger partial charge >= 0.3 is 0 Å². The number of hydrogen-bond acceptors (Lipinski definition) is 5. The van der Waals surface area contributed by atoms with Crippen molar-refractivity contribution >= 4 is 28.9 Å². The fourth-order valence-corrected chi connectivity index (χ4v) is 2.86. The standard InChI is InChI=1S/C18H19NO3S/c1-12(14-6-4-3-5-7-14)11-23-18-9-16(21)15(8-17(18)22)19-10-13(2)20/h3-9,13,19-20H,1,10-11H2,2H3. The van der Waals surface area contributed by atoms with Crippen LogP contribution in [0.25, 0.3) is 5.57 Å². The van der Waals surface area contributed by atoms with Crippen LogP contribution in [0.3, 0.4) is 0 Å². The molecule has 0 radical (unpaired) electrons. The molecule has 0 aromatic heterocycles. The summed E-state index contributed by atoms with van der Waals surface area (Å²) >= 11 is 1.31. The Hall–Kier alpha value is -2.11. The van der Waals surface area contributed by atoms with Gasteiger partial charge in [0, 0.05) is 24.4 Å². The maximum absolute atomic E-state index is 12.1. The number of benzene rings is 1. The Morgan fingerprint density at radius 2 is 1.91 bits per heavy atom. The van der Waals surface area contributed by atoms with Crippen LogP contribution < -0.4 is 5.32 Å². The van der Waals surface area contributed by atoms with Crippen LogP contribution in [-0.2, 0) is 9.59 Å². The highest BCUT2D eigenvalue weighted by molar-refractivity contribution is 8.04. The summed E-state index contributed by atoms with van der Waals surface area (Å²) in [7, 11) is 0. The predicted molar refractivity (Wildman–Crippen MR) is 93.8 cm³/mol. The van der Waals surface area contributed by atoms with Crippen LogP contribution in [0.2, 0.25) is 0 Å². The van der Waals surface area contributed by atoms with E-state index in [1.807, 2.05) is 30.3 Å². The normalized spacial score (nSPS) is 15.7. The fourth-order valence-electron chi connectivity index (χ4n) is 1.97. The summed E-state index contributed by atoms with van der Waals surface area (Å²) < 4.78 is 0. The number of rotatable bonds is 7. The molecule has 2 N–H and O–H groups in total. The van der Waals surface area contributed by atoms with Crippen molar-refractivity contribution in [1.29, 1.82) is 0 Å². The third kappa shape index (κ3) is 4.94. The van der Waals surface area contributed by atoms with Gasteiger partial charge in [0.15, 0.2) is 5.78 Å². The van der Waals surface area contributed by atoms with Gasteiger partial charge in [0.2, 0.25) is 5.78 Å². The molecule has 0 saturated heterocycles. The lowest BCUT2D eigenvalue weighted by atomic mass is 10.1. The molecule has 1 aromatic carbocycles. The summed E-state index contributed by atoms with van der Waals surface area (Å²) in [4.78, 5) is 24.5. The smallest absolute Gasteiger partial charge is 0.203 e. The van der Waals surface area contributed by atoms with Gasteiger partial charge in [-0.1, -0.05) is 36.9 Å².